The fourth-order valence-electron chi connectivity index (χ4n) is 2.35. The van der Waals surface area contributed by atoms with Crippen molar-refractivity contribution >= 4 is 11.8 Å². The van der Waals surface area contributed by atoms with Gasteiger partial charge in [0.2, 0.25) is 11.8 Å². The Kier molecular flexibility index (Phi) is 6.07. The molecule has 18 heavy (non-hydrogen) atoms. The van der Waals surface area contributed by atoms with E-state index < -0.39 is 11.9 Å². The lowest BCUT2D eigenvalue weighted by Gasteiger charge is -2.30. The lowest BCUT2D eigenvalue weighted by Crippen LogP contribution is -2.51. The first kappa shape index (κ1) is 14.9. The minimum atomic E-state index is -0.620. The molecule has 1 aliphatic rings. The van der Waals surface area contributed by atoms with E-state index in [0.29, 0.717) is 13.0 Å². The van der Waals surface area contributed by atoms with Gasteiger partial charge in [0, 0.05) is 19.8 Å². The van der Waals surface area contributed by atoms with Gasteiger partial charge >= 0.3 is 0 Å². The summed E-state index contributed by atoms with van der Waals surface area (Å²) in [6, 6.07) is -0.511. The third kappa shape index (κ3) is 4.27. The van der Waals surface area contributed by atoms with Gasteiger partial charge in [-0.3, -0.25) is 9.59 Å². The van der Waals surface area contributed by atoms with E-state index in [9.17, 15) is 9.59 Å². The van der Waals surface area contributed by atoms with Crippen molar-refractivity contribution in [3.8, 4) is 0 Å². The maximum Gasteiger partial charge on any atom is 0.240 e. The number of carbonyl (C=O) groups excluding carboxylic acids is 2. The van der Waals surface area contributed by atoms with Crippen molar-refractivity contribution in [1.82, 2.24) is 4.90 Å². The average Bonchev–Trinajstić information content (AvgIpc) is 2.85. The maximum absolute atomic E-state index is 12.2. The van der Waals surface area contributed by atoms with E-state index >= 15 is 0 Å². The van der Waals surface area contributed by atoms with Gasteiger partial charge in [-0.1, -0.05) is 12.8 Å². The van der Waals surface area contributed by atoms with Gasteiger partial charge in [-0.2, -0.15) is 0 Å². The second kappa shape index (κ2) is 7.33. The molecule has 0 spiro atoms. The van der Waals surface area contributed by atoms with E-state index in [-0.39, 0.29) is 18.5 Å². The summed E-state index contributed by atoms with van der Waals surface area (Å²) in [6.07, 6.45) is 4.48. The zero-order chi connectivity index (χ0) is 13.5. The van der Waals surface area contributed by atoms with Gasteiger partial charge in [0.05, 0.1) is 12.6 Å². The van der Waals surface area contributed by atoms with Crippen molar-refractivity contribution in [2.75, 3.05) is 20.3 Å². The molecule has 0 saturated heterocycles. The van der Waals surface area contributed by atoms with Crippen LogP contribution in [0.4, 0.5) is 0 Å². The van der Waals surface area contributed by atoms with Crippen LogP contribution >= 0.6 is 0 Å². The summed E-state index contributed by atoms with van der Waals surface area (Å²) in [5.41, 5.74) is 11.0. The van der Waals surface area contributed by atoms with E-state index in [4.69, 9.17) is 16.2 Å². The molecule has 1 aliphatic carbocycles. The Hall–Kier alpha value is -1.14. The molecule has 0 aromatic heterocycles. The van der Waals surface area contributed by atoms with E-state index in [1.165, 1.54) is 0 Å². The normalized spacial score (nSPS) is 17.7. The zero-order valence-electron chi connectivity index (χ0n) is 10.9. The predicted molar refractivity (Wildman–Crippen MR) is 67.6 cm³/mol. The molecule has 1 fully saturated rings. The summed E-state index contributed by atoms with van der Waals surface area (Å²) in [5, 5.41) is 0. The topological polar surface area (TPSA) is 98.7 Å². The number of primary amides is 1. The van der Waals surface area contributed by atoms with Crippen LogP contribution in [-0.2, 0) is 14.3 Å². The van der Waals surface area contributed by atoms with Crippen molar-refractivity contribution in [2.45, 2.75) is 44.2 Å². The van der Waals surface area contributed by atoms with E-state index in [1.54, 1.807) is 12.0 Å². The van der Waals surface area contributed by atoms with Crippen molar-refractivity contribution in [3.05, 3.63) is 0 Å². The van der Waals surface area contributed by atoms with Crippen molar-refractivity contribution in [3.63, 3.8) is 0 Å². The molecule has 4 N–H and O–H groups in total. The number of nitrogens with zero attached hydrogens (tertiary/aromatic N) is 1. The Labute approximate surface area is 108 Å². The van der Waals surface area contributed by atoms with Gasteiger partial charge in [0.15, 0.2) is 0 Å². The minimum absolute atomic E-state index is 0.0375. The van der Waals surface area contributed by atoms with Crippen LogP contribution in [0.2, 0.25) is 0 Å². The van der Waals surface area contributed by atoms with Crippen LogP contribution in [0.5, 0.6) is 0 Å². The molecule has 0 aromatic rings. The highest BCUT2D eigenvalue weighted by Crippen LogP contribution is 2.23. The molecule has 1 rings (SSSR count). The van der Waals surface area contributed by atoms with Crippen LogP contribution in [0.3, 0.4) is 0 Å². The van der Waals surface area contributed by atoms with Crippen molar-refractivity contribution in [2.24, 2.45) is 11.5 Å². The maximum atomic E-state index is 12.2. The highest BCUT2D eigenvalue weighted by Gasteiger charge is 2.30. The lowest BCUT2D eigenvalue weighted by atomic mass is 10.1. The van der Waals surface area contributed by atoms with Gasteiger partial charge in [-0.15, -0.1) is 0 Å². The summed E-state index contributed by atoms with van der Waals surface area (Å²) in [5.74, 6) is -0.688. The van der Waals surface area contributed by atoms with Crippen molar-refractivity contribution in [1.29, 1.82) is 0 Å². The second-order valence-electron chi connectivity index (χ2n) is 4.76. The van der Waals surface area contributed by atoms with Crippen LogP contribution < -0.4 is 11.5 Å². The first-order chi connectivity index (χ1) is 8.56. The Morgan fingerprint density at radius 1 is 1.39 bits per heavy atom. The fraction of sp³-hybridized carbons (Fsp3) is 0.833. The highest BCUT2D eigenvalue weighted by molar-refractivity contribution is 5.87. The van der Waals surface area contributed by atoms with E-state index in [0.717, 1.165) is 25.7 Å². The van der Waals surface area contributed by atoms with Gasteiger partial charge in [-0.25, -0.2) is 0 Å². The Morgan fingerprint density at radius 2 is 2.00 bits per heavy atom. The summed E-state index contributed by atoms with van der Waals surface area (Å²) in [6.45, 7) is 0.395. The van der Waals surface area contributed by atoms with Gasteiger partial charge in [-0.05, 0) is 19.3 Å². The van der Waals surface area contributed by atoms with Gasteiger partial charge in [0.25, 0.3) is 0 Å². The number of methoxy groups -OCH3 is 1. The Bertz CT molecular complexity index is 290. The summed E-state index contributed by atoms with van der Waals surface area (Å²) >= 11 is 0. The van der Waals surface area contributed by atoms with Crippen molar-refractivity contribution < 1.29 is 14.3 Å². The molecule has 6 heteroatoms. The average molecular weight is 257 g/mol. The summed E-state index contributed by atoms with van der Waals surface area (Å²) < 4.78 is 4.91. The molecule has 1 atom stereocenters. The molecule has 6 nitrogen and oxygen atoms in total. The minimum Gasteiger partial charge on any atom is -0.385 e. The van der Waals surface area contributed by atoms with Crippen LogP contribution in [0, 0.1) is 0 Å². The molecular weight excluding hydrogens is 234 g/mol. The number of hydrogen-bond acceptors (Lipinski definition) is 4. The predicted octanol–water partition coefficient (Wildman–Crippen LogP) is -0.393. The number of hydrogen-bond donors (Lipinski definition) is 2. The summed E-state index contributed by atoms with van der Waals surface area (Å²) in [4.78, 5) is 24.8. The van der Waals surface area contributed by atoms with Crippen LogP contribution in [0.15, 0.2) is 0 Å². The van der Waals surface area contributed by atoms with Gasteiger partial charge < -0.3 is 21.1 Å². The standard InChI is InChI=1S/C12H23N3O3/c1-18-7-6-10(13)12(17)15(8-11(14)16)9-4-2-3-5-9/h9-10H,2-8,13H2,1H3,(H2,14,16). The highest BCUT2D eigenvalue weighted by atomic mass is 16.5. The van der Waals surface area contributed by atoms with E-state index in [1.807, 2.05) is 0 Å². The van der Waals surface area contributed by atoms with Crippen LogP contribution in [-0.4, -0.2) is 49.1 Å². The molecular formula is C12H23N3O3. The number of carbonyl (C=O) groups is 2. The van der Waals surface area contributed by atoms with Crippen LogP contribution in [0.25, 0.3) is 0 Å². The number of ether oxygens (including phenoxy) is 1. The third-order valence-corrected chi connectivity index (χ3v) is 3.32. The monoisotopic (exact) mass is 257 g/mol. The Balaban J connectivity index is 2.62. The van der Waals surface area contributed by atoms with Crippen LogP contribution in [0.1, 0.15) is 32.1 Å². The largest absolute Gasteiger partial charge is 0.385 e. The molecule has 0 heterocycles. The van der Waals surface area contributed by atoms with E-state index in [2.05, 4.69) is 0 Å². The number of amides is 2. The molecule has 104 valence electrons. The molecule has 2 amide bonds. The summed E-state index contributed by atoms with van der Waals surface area (Å²) in [7, 11) is 1.56. The number of rotatable bonds is 7. The molecule has 0 radical (unpaired) electrons. The quantitative estimate of drug-likeness (QED) is 0.648. The zero-order valence-corrected chi connectivity index (χ0v) is 10.9. The smallest absolute Gasteiger partial charge is 0.240 e. The van der Waals surface area contributed by atoms with Gasteiger partial charge in [0.1, 0.15) is 0 Å². The fourth-order valence-corrected chi connectivity index (χ4v) is 2.35. The lowest BCUT2D eigenvalue weighted by molar-refractivity contribution is -0.138. The third-order valence-electron chi connectivity index (χ3n) is 3.32. The first-order valence-electron chi connectivity index (χ1n) is 6.39. The first-order valence-corrected chi connectivity index (χ1v) is 6.39. The Morgan fingerprint density at radius 3 is 2.50 bits per heavy atom. The SMILES string of the molecule is COCCC(N)C(=O)N(CC(N)=O)C1CCCC1. The molecule has 0 aliphatic heterocycles. The molecule has 0 bridgehead atoms. The molecule has 1 unspecified atom stereocenters. The molecule has 0 aromatic carbocycles. The number of nitrogens with two attached hydrogens (primary N) is 2. The molecule has 1 saturated carbocycles. The second-order valence-corrected chi connectivity index (χ2v) is 4.76.